The van der Waals surface area contributed by atoms with Gasteiger partial charge in [-0.3, -0.25) is 9.78 Å². The molecule has 0 saturated carbocycles. The minimum Gasteiger partial charge on any atom is -0.354 e. The highest BCUT2D eigenvalue weighted by molar-refractivity contribution is 5.73. The van der Waals surface area contributed by atoms with Crippen molar-refractivity contribution >= 4 is 5.91 Å². The van der Waals surface area contributed by atoms with Gasteiger partial charge in [0.15, 0.2) is 0 Å². The molecule has 0 aliphatic rings. The molecule has 0 aliphatic heterocycles. The van der Waals surface area contributed by atoms with E-state index in [9.17, 15) is 4.79 Å². The second-order valence-corrected chi connectivity index (χ2v) is 3.86. The first-order valence-corrected chi connectivity index (χ1v) is 5.34. The molecule has 1 aromatic rings. The molecule has 0 spiro atoms. The van der Waals surface area contributed by atoms with E-state index in [-0.39, 0.29) is 11.9 Å². The predicted molar refractivity (Wildman–Crippen MR) is 60.5 cm³/mol. The highest BCUT2D eigenvalue weighted by atomic mass is 16.1. The van der Waals surface area contributed by atoms with E-state index >= 15 is 0 Å². The number of aryl methyl sites for hydroxylation is 1. The van der Waals surface area contributed by atoms with E-state index in [1.54, 1.807) is 13.1 Å². The summed E-state index contributed by atoms with van der Waals surface area (Å²) in [6.07, 6.45) is 6.78. The second-order valence-electron chi connectivity index (χ2n) is 3.86. The zero-order valence-corrected chi connectivity index (χ0v) is 9.36. The van der Waals surface area contributed by atoms with E-state index in [4.69, 9.17) is 0 Å². The Balaban J connectivity index is 2.19. The summed E-state index contributed by atoms with van der Waals surface area (Å²) in [5.74, 6) is 0.0453. The van der Waals surface area contributed by atoms with Crippen molar-refractivity contribution in [3.63, 3.8) is 0 Å². The lowest BCUT2D eigenvalue weighted by Crippen LogP contribution is -2.30. The molecule has 0 radical (unpaired) electrons. The number of carbonyl (C=O) groups is 1. The Kier molecular flexibility index (Phi) is 4.81. The largest absolute Gasteiger partial charge is 0.354 e. The summed E-state index contributed by atoms with van der Waals surface area (Å²) in [6.45, 7) is 3.59. The maximum absolute atomic E-state index is 10.8. The van der Waals surface area contributed by atoms with E-state index < -0.39 is 0 Å². The van der Waals surface area contributed by atoms with Crippen LogP contribution < -0.4 is 5.32 Å². The van der Waals surface area contributed by atoms with Crippen molar-refractivity contribution in [1.29, 1.82) is 0 Å². The van der Waals surface area contributed by atoms with Crippen LogP contribution >= 0.6 is 0 Å². The van der Waals surface area contributed by atoms with Crippen molar-refractivity contribution < 1.29 is 4.79 Å². The van der Waals surface area contributed by atoms with E-state index in [1.165, 1.54) is 5.56 Å². The fourth-order valence-electron chi connectivity index (χ4n) is 1.58. The number of aromatic nitrogens is 1. The molecular weight excluding hydrogens is 188 g/mol. The average Bonchev–Trinajstić information content (AvgIpc) is 2.18. The molecule has 3 heteroatoms. The smallest absolute Gasteiger partial charge is 0.217 e. The summed E-state index contributed by atoms with van der Waals surface area (Å²) in [4.78, 5) is 14.8. The van der Waals surface area contributed by atoms with Crippen molar-refractivity contribution in [3.8, 4) is 0 Å². The van der Waals surface area contributed by atoms with Gasteiger partial charge in [-0.15, -0.1) is 0 Å². The number of carbonyl (C=O) groups excluding carboxylic acids is 1. The second kappa shape index (κ2) is 6.17. The van der Waals surface area contributed by atoms with Crippen LogP contribution in [0.5, 0.6) is 0 Å². The van der Waals surface area contributed by atoms with Gasteiger partial charge in [-0.05, 0) is 37.8 Å². The third kappa shape index (κ3) is 5.15. The molecule has 15 heavy (non-hydrogen) atoms. The van der Waals surface area contributed by atoms with Crippen molar-refractivity contribution in [2.75, 3.05) is 0 Å². The Labute approximate surface area is 90.9 Å². The Morgan fingerprint density at radius 2 is 2.40 bits per heavy atom. The number of rotatable bonds is 5. The van der Waals surface area contributed by atoms with Crippen molar-refractivity contribution in [2.45, 2.75) is 39.2 Å². The van der Waals surface area contributed by atoms with Gasteiger partial charge in [0.2, 0.25) is 5.91 Å². The van der Waals surface area contributed by atoms with Crippen LogP contribution in [0, 0.1) is 0 Å². The van der Waals surface area contributed by atoms with Gasteiger partial charge in [-0.1, -0.05) is 6.07 Å². The summed E-state index contributed by atoms with van der Waals surface area (Å²) >= 11 is 0. The number of nitrogens with zero attached hydrogens (tertiary/aromatic N) is 1. The van der Waals surface area contributed by atoms with Gasteiger partial charge in [0.05, 0.1) is 0 Å². The molecule has 0 fully saturated rings. The average molecular weight is 206 g/mol. The van der Waals surface area contributed by atoms with Crippen molar-refractivity contribution in [3.05, 3.63) is 30.1 Å². The quantitative estimate of drug-likeness (QED) is 0.799. The van der Waals surface area contributed by atoms with Crippen molar-refractivity contribution in [2.24, 2.45) is 0 Å². The van der Waals surface area contributed by atoms with Crippen LogP contribution in [0.2, 0.25) is 0 Å². The van der Waals surface area contributed by atoms with Crippen LogP contribution in [0.4, 0.5) is 0 Å². The van der Waals surface area contributed by atoms with E-state index in [1.807, 2.05) is 19.2 Å². The molecule has 0 unspecified atom stereocenters. The third-order valence-electron chi connectivity index (χ3n) is 2.28. The molecule has 1 atom stereocenters. The number of pyridine rings is 1. The van der Waals surface area contributed by atoms with Gasteiger partial charge in [-0.25, -0.2) is 0 Å². The molecule has 3 nitrogen and oxygen atoms in total. The zero-order valence-electron chi connectivity index (χ0n) is 9.36. The number of amides is 1. The molecule has 82 valence electrons. The normalized spacial score (nSPS) is 12.1. The first-order chi connectivity index (χ1) is 7.18. The van der Waals surface area contributed by atoms with E-state index in [0.717, 1.165) is 19.3 Å². The lowest BCUT2D eigenvalue weighted by Gasteiger charge is -2.11. The minimum atomic E-state index is 0.0453. The summed E-state index contributed by atoms with van der Waals surface area (Å²) in [5.41, 5.74) is 1.26. The van der Waals surface area contributed by atoms with Gasteiger partial charge in [-0.2, -0.15) is 0 Å². The Hall–Kier alpha value is -1.38. The molecule has 0 saturated heterocycles. The molecule has 0 aliphatic carbocycles. The monoisotopic (exact) mass is 206 g/mol. The molecule has 1 amide bonds. The van der Waals surface area contributed by atoms with Crippen LogP contribution in [-0.2, 0) is 11.2 Å². The number of hydrogen-bond acceptors (Lipinski definition) is 2. The Morgan fingerprint density at radius 3 is 3.00 bits per heavy atom. The van der Waals surface area contributed by atoms with Crippen molar-refractivity contribution in [1.82, 2.24) is 10.3 Å². The topological polar surface area (TPSA) is 42.0 Å². The highest BCUT2D eigenvalue weighted by Crippen LogP contribution is 2.04. The predicted octanol–water partition coefficient (Wildman–Crippen LogP) is 1.93. The zero-order chi connectivity index (χ0) is 11.1. The third-order valence-corrected chi connectivity index (χ3v) is 2.28. The Bertz CT molecular complexity index is 298. The summed E-state index contributed by atoms with van der Waals surface area (Å²) in [7, 11) is 0. The van der Waals surface area contributed by atoms with Crippen LogP contribution in [0.15, 0.2) is 24.5 Å². The molecular formula is C12H18N2O. The lowest BCUT2D eigenvalue weighted by molar-refractivity contribution is -0.119. The number of nitrogens with one attached hydrogen (secondary N) is 1. The van der Waals surface area contributed by atoms with Crippen LogP contribution in [0.3, 0.4) is 0 Å². The minimum absolute atomic E-state index is 0.0453. The highest BCUT2D eigenvalue weighted by Gasteiger charge is 2.02. The molecule has 0 aromatic carbocycles. The van der Waals surface area contributed by atoms with E-state index in [0.29, 0.717) is 0 Å². The first kappa shape index (κ1) is 11.7. The lowest BCUT2D eigenvalue weighted by atomic mass is 10.1. The molecule has 0 bridgehead atoms. The summed E-state index contributed by atoms with van der Waals surface area (Å²) in [6, 6.07) is 4.29. The fraction of sp³-hybridized carbons (Fsp3) is 0.500. The Morgan fingerprint density at radius 1 is 1.60 bits per heavy atom. The van der Waals surface area contributed by atoms with Crippen LogP contribution in [0.1, 0.15) is 32.3 Å². The van der Waals surface area contributed by atoms with Gasteiger partial charge in [0, 0.05) is 25.4 Å². The maximum Gasteiger partial charge on any atom is 0.217 e. The van der Waals surface area contributed by atoms with Gasteiger partial charge < -0.3 is 5.32 Å². The van der Waals surface area contributed by atoms with Gasteiger partial charge >= 0.3 is 0 Å². The van der Waals surface area contributed by atoms with Crippen LogP contribution in [-0.4, -0.2) is 16.9 Å². The van der Waals surface area contributed by atoms with E-state index in [2.05, 4.69) is 16.4 Å². The fourth-order valence-corrected chi connectivity index (χ4v) is 1.58. The molecule has 1 rings (SSSR count). The summed E-state index contributed by atoms with van der Waals surface area (Å²) < 4.78 is 0. The maximum atomic E-state index is 10.8. The standard InChI is InChI=1S/C12H18N2O/c1-10(14-11(2)15)5-3-6-12-7-4-8-13-9-12/h4,7-10H,3,5-6H2,1-2H3,(H,14,15)/t10-/m1/s1. The molecule has 1 heterocycles. The van der Waals surface area contributed by atoms with Crippen LogP contribution in [0.25, 0.3) is 0 Å². The SMILES string of the molecule is CC(=O)N[C@H](C)CCCc1cccnc1. The molecule has 1 aromatic heterocycles. The van der Waals surface area contributed by atoms with Gasteiger partial charge in [0.25, 0.3) is 0 Å². The molecule has 1 N–H and O–H groups in total. The number of hydrogen-bond donors (Lipinski definition) is 1. The first-order valence-electron chi connectivity index (χ1n) is 5.34. The summed E-state index contributed by atoms with van der Waals surface area (Å²) in [5, 5.41) is 2.87. The van der Waals surface area contributed by atoms with Gasteiger partial charge in [0.1, 0.15) is 0 Å².